The summed E-state index contributed by atoms with van der Waals surface area (Å²) in [5.41, 5.74) is 1.67. The number of carbonyl (C=O) groups is 1. The summed E-state index contributed by atoms with van der Waals surface area (Å²) in [5.74, 6) is 0.225. The molecule has 0 N–H and O–H groups in total. The van der Waals surface area contributed by atoms with Gasteiger partial charge in [0.15, 0.2) is 6.29 Å². The van der Waals surface area contributed by atoms with Gasteiger partial charge in [0.2, 0.25) is 6.39 Å². The van der Waals surface area contributed by atoms with Crippen LogP contribution in [-0.2, 0) is 6.54 Å². The first-order valence-corrected chi connectivity index (χ1v) is 6.73. The molecule has 0 bridgehead atoms. The van der Waals surface area contributed by atoms with Gasteiger partial charge in [-0.1, -0.05) is 17.7 Å². The Morgan fingerprint density at radius 2 is 2.29 bits per heavy atom. The van der Waals surface area contributed by atoms with Gasteiger partial charge in [0.25, 0.3) is 5.89 Å². The minimum atomic E-state index is -0.458. The largest absolute Gasteiger partial charge is 0.422 e. The first kappa shape index (κ1) is 13.8. The number of rotatable bonds is 5. The minimum absolute atomic E-state index is 0.225. The van der Waals surface area contributed by atoms with E-state index in [0.29, 0.717) is 29.2 Å². The van der Waals surface area contributed by atoms with Crippen LogP contribution < -0.4 is 0 Å². The molecule has 0 unspecified atom stereocenters. The van der Waals surface area contributed by atoms with E-state index in [-0.39, 0.29) is 5.89 Å². The monoisotopic (exact) mass is 307 g/mol. The lowest BCUT2D eigenvalue weighted by Crippen LogP contribution is -2.02. The summed E-state index contributed by atoms with van der Waals surface area (Å²) in [5, 5.41) is 8.76. The van der Waals surface area contributed by atoms with Gasteiger partial charge in [-0.25, -0.2) is 0 Å². The number of hydrogen-bond donors (Lipinski definition) is 0. The SMILES string of the molecule is O=Cc1c(-c2nnco2)n(CCCF)c2cc(Cl)ccc12. The van der Waals surface area contributed by atoms with Crippen molar-refractivity contribution >= 4 is 28.8 Å². The molecule has 0 saturated carbocycles. The summed E-state index contributed by atoms with van der Waals surface area (Å²) in [7, 11) is 0. The van der Waals surface area contributed by atoms with Gasteiger partial charge in [-0.2, -0.15) is 0 Å². The van der Waals surface area contributed by atoms with Crippen LogP contribution in [0.5, 0.6) is 0 Å². The molecule has 3 aromatic rings. The fourth-order valence-electron chi connectivity index (χ4n) is 2.43. The van der Waals surface area contributed by atoms with E-state index < -0.39 is 6.67 Å². The van der Waals surface area contributed by atoms with Crippen LogP contribution in [-0.4, -0.2) is 27.7 Å². The van der Waals surface area contributed by atoms with E-state index in [1.807, 2.05) is 0 Å². The van der Waals surface area contributed by atoms with Crippen LogP contribution in [0.15, 0.2) is 29.0 Å². The van der Waals surface area contributed by atoms with E-state index in [1.165, 1.54) is 6.39 Å². The number of nitrogens with zero attached hydrogens (tertiary/aromatic N) is 3. The maximum absolute atomic E-state index is 12.6. The van der Waals surface area contributed by atoms with E-state index in [9.17, 15) is 9.18 Å². The summed E-state index contributed by atoms with van der Waals surface area (Å²) >= 11 is 6.03. The molecule has 0 aliphatic heterocycles. The molecular weight excluding hydrogens is 297 g/mol. The molecule has 0 spiro atoms. The maximum atomic E-state index is 12.6. The second-order valence-corrected chi connectivity index (χ2v) is 4.92. The number of aryl methyl sites for hydroxylation is 1. The molecule has 1 aromatic carbocycles. The fraction of sp³-hybridized carbons (Fsp3) is 0.214. The Labute approximate surface area is 124 Å². The average molecular weight is 308 g/mol. The molecule has 0 saturated heterocycles. The molecule has 0 aliphatic carbocycles. The number of carbonyl (C=O) groups excluding carboxylic acids is 1. The van der Waals surface area contributed by atoms with Crippen molar-refractivity contribution in [2.75, 3.05) is 6.67 Å². The van der Waals surface area contributed by atoms with Crippen molar-refractivity contribution in [1.82, 2.24) is 14.8 Å². The Morgan fingerprint density at radius 1 is 1.43 bits per heavy atom. The van der Waals surface area contributed by atoms with Crippen LogP contribution in [0.2, 0.25) is 5.02 Å². The van der Waals surface area contributed by atoms with Crippen molar-refractivity contribution < 1.29 is 13.6 Å². The Morgan fingerprint density at radius 3 is 2.95 bits per heavy atom. The highest BCUT2D eigenvalue weighted by molar-refractivity contribution is 6.31. The zero-order chi connectivity index (χ0) is 14.8. The Bertz CT molecular complexity index is 783. The van der Waals surface area contributed by atoms with Crippen molar-refractivity contribution in [3.8, 4) is 11.6 Å². The third kappa shape index (κ3) is 2.31. The summed E-state index contributed by atoms with van der Waals surface area (Å²) < 4.78 is 19.6. The zero-order valence-corrected chi connectivity index (χ0v) is 11.7. The minimum Gasteiger partial charge on any atom is -0.422 e. The van der Waals surface area contributed by atoms with Gasteiger partial charge in [0.05, 0.1) is 17.8 Å². The first-order valence-electron chi connectivity index (χ1n) is 6.35. The molecule has 0 fully saturated rings. The van der Waals surface area contributed by atoms with Crippen molar-refractivity contribution in [1.29, 1.82) is 0 Å². The second kappa shape index (κ2) is 5.65. The highest BCUT2D eigenvalue weighted by Gasteiger charge is 2.21. The quantitative estimate of drug-likeness (QED) is 0.677. The third-order valence-electron chi connectivity index (χ3n) is 3.26. The highest BCUT2D eigenvalue weighted by Crippen LogP contribution is 2.33. The van der Waals surface area contributed by atoms with E-state index in [1.54, 1.807) is 22.8 Å². The van der Waals surface area contributed by atoms with Crippen LogP contribution in [0.3, 0.4) is 0 Å². The topological polar surface area (TPSA) is 60.9 Å². The number of halogens is 2. The smallest absolute Gasteiger partial charge is 0.264 e. The van der Waals surface area contributed by atoms with Crippen LogP contribution in [0.1, 0.15) is 16.8 Å². The molecule has 0 atom stereocenters. The summed E-state index contributed by atoms with van der Waals surface area (Å²) in [6.45, 7) is -0.0706. The predicted octanol–water partition coefficient (Wildman–Crippen LogP) is 3.52. The number of hydrogen-bond acceptors (Lipinski definition) is 4. The molecule has 0 amide bonds. The molecule has 5 nitrogen and oxygen atoms in total. The van der Waals surface area contributed by atoms with Crippen LogP contribution in [0, 0.1) is 0 Å². The summed E-state index contributed by atoms with van der Waals surface area (Å²) in [4.78, 5) is 11.5. The number of aldehydes is 1. The fourth-order valence-corrected chi connectivity index (χ4v) is 2.59. The second-order valence-electron chi connectivity index (χ2n) is 4.48. The van der Waals surface area contributed by atoms with Gasteiger partial charge in [0, 0.05) is 17.0 Å². The number of fused-ring (bicyclic) bond motifs is 1. The van der Waals surface area contributed by atoms with Gasteiger partial charge in [-0.3, -0.25) is 9.18 Å². The lowest BCUT2D eigenvalue weighted by Gasteiger charge is -2.07. The predicted molar refractivity (Wildman–Crippen MR) is 76.2 cm³/mol. The number of alkyl halides is 1. The van der Waals surface area contributed by atoms with Gasteiger partial charge < -0.3 is 8.98 Å². The van der Waals surface area contributed by atoms with Crippen LogP contribution >= 0.6 is 11.6 Å². The standard InChI is InChI=1S/C14H11ClFN3O2/c15-9-2-3-10-11(7-20)13(14-18-17-8-21-14)19(5-1-4-16)12(10)6-9/h2-3,6-8H,1,4-5H2. The normalized spacial score (nSPS) is 11.1. The average Bonchev–Trinajstić information content (AvgIpc) is 3.10. The van der Waals surface area contributed by atoms with Crippen molar-refractivity contribution in [3.63, 3.8) is 0 Å². The zero-order valence-electron chi connectivity index (χ0n) is 10.9. The Hall–Kier alpha value is -2.21. The van der Waals surface area contributed by atoms with Gasteiger partial charge >= 0.3 is 0 Å². The van der Waals surface area contributed by atoms with Crippen LogP contribution in [0.25, 0.3) is 22.5 Å². The molecule has 21 heavy (non-hydrogen) atoms. The Kier molecular flexibility index (Phi) is 3.70. The molecule has 2 aromatic heterocycles. The summed E-state index contributed by atoms with van der Waals surface area (Å²) in [6, 6.07) is 5.20. The van der Waals surface area contributed by atoms with E-state index >= 15 is 0 Å². The van der Waals surface area contributed by atoms with Gasteiger partial charge in [-0.15, -0.1) is 10.2 Å². The summed E-state index contributed by atoms with van der Waals surface area (Å²) in [6.07, 6.45) is 2.24. The number of aromatic nitrogens is 3. The molecule has 108 valence electrons. The molecular formula is C14H11ClFN3O2. The van der Waals surface area contributed by atoms with Crippen molar-refractivity contribution in [2.24, 2.45) is 0 Å². The number of benzene rings is 1. The highest BCUT2D eigenvalue weighted by atomic mass is 35.5. The molecule has 7 heteroatoms. The molecule has 2 heterocycles. The molecule has 3 rings (SSSR count). The third-order valence-corrected chi connectivity index (χ3v) is 3.50. The Balaban J connectivity index is 2.33. The first-order chi connectivity index (χ1) is 10.3. The van der Waals surface area contributed by atoms with Crippen LogP contribution in [0.4, 0.5) is 4.39 Å². The van der Waals surface area contributed by atoms with E-state index in [4.69, 9.17) is 16.0 Å². The van der Waals surface area contributed by atoms with Crippen molar-refractivity contribution in [2.45, 2.75) is 13.0 Å². The van der Waals surface area contributed by atoms with Gasteiger partial charge in [0.1, 0.15) is 5.69 Å². The van der Waals surface area contributed by atoms with Gasteiger partial charge in [-0.05, 0) is 18.6 Å². The maximum Gasteiger partial charge on any atom is 0.264 e. The molecule has 0 radical (unpaired) electrons. The lowest BCUT2D eigenvalue weighted by atomic mass is 10.1. The molecule has 0 aliphatic rings. The lowest BCUT2D eigenvalue weighted by molar-refractivity contribution is 0.112. The van der Waals surface area contributed by atoms with E-state index in [2.05, 4.69) is 10.2 Å². The van der Waals surface area contributed by atoms with Crippen molar-refractivity contribution in [3.05, 3.63) is 35.2 Å². The van der Waals surface area contributed by atoms with E-state index in [0.717, 1.165) is 17.2 Å².